The molecule has 0 spiro atoms. The van der Waals surface area contributed by atoms with E-state index >= 15 is 0 Å². The minimum absolute atomic E-state index is 0.200. The van der Waals surface area contributed by atoms with Crippen LogP contribution in [-0.4, -0.2) is 42.1 Å². The SMILES string of the molecule is CCc1cc(C(=O)N2CCOCC2)c(=O)[nH]c1C. The van der Waals surface area contributed by atoms with E-state index in [-0.39, 0.29) is 17.0 Å². The minimum Gasteiger partial charge on any atom is -0.378 e. The van der Waals surface area contributed by atoms with E-state index in [9.17, 15) is 9.59 Å². The molecule has 1 aliphatic heterocycles. The molecule has 5 heteroatoms. The van der Waals surface area contributed by atoms with E-state index in [2.05, 4.69) is 4.98 Å². The molecule has 0 bridgehead atoms. The van der Waals surface area contributed by atoms with E-state index in [0.717, 1.165) is 17.7 Å². The third-order valence-corrected chi connectivity index (χ3v) is 3.26. The summed E-state index contributed by atoms with van der Waals surface area (Å²) in [5, 5.41) is 0. The molecule has 5 nitrogen and oxygen atoms in total. The third kappa shape index (κ3) is 2.46. The number of ether oxygens (including phenoxy) is 1. The van der Waals surface area contributed by atoms with Gasteiger partial charge in [-0.05, 0) is 25.0 Å². The number of nitrogens with zero attached hydrogens (tertiary/aromatic N) is 1. The highest BCUT2D eigenvalue weighted by Crippen LogP contribution is 2.09. The molecular formula is C13H18N2O3. The molecule has 1 aromatic heterocycles. The van der Waals surface area contributed by atoms with Gasteiger partial charge in [-0.3, -0.25) is 9.59 Å². The van der Waals surface area contributed by atoms with Gasteiger partial charge in [0, 0.05) is 18.8 Å². The van der Waals surface area contributed by atoms with E-state index in [1.54, 1.807) is 11.0 Å². The molecule has 1 aromatic rings. The Morgan fingerprint density at radius 3 is 2.72 bits per heavy atom. The highest BCUT2D eigenvalue weighted by Gasteiger charge is 2.21. The number of morpholine rings is 1. The zero-order chi connectivity index (χ0) is 13.1. The topological polar surface area (TPSA) is 62.4 Å². The maximum atomic E-state index is 12.3. The highest BCUT2D eigenvalue weighted by atomic mass is 16.5. The molecule has 2 heterocycles. The fourth-order valence-corrected chi connectivity index (χ4v) is 2.13. The lowest BCUT2D eigenvalue weighted by Gasteiger charge is -2.26. The molecule has 0 unspecified atom stereocenters. The predicted molar refractivity (Wildman–Crippen MR) is 67.9 cm³/mol. The number of rotatable bonds is 2. The van der Waals surface area contributed by atoms with Gasteiger partial charge >= 0.3 is 0 Å². The van der Waals surface area contributed by atoms with E-state index in [1.165, 1.54) is 0 Å². The van der Waals surface area contributed by atoms with Gasteiger partial charge in [0.15, 0.2) is 0 Å². The zero-order valence-electron chi connectivity index (χ0n) is 10.8. The quantitative estimate of drug-likeness (QED) is 0.841. The van der Waals surface area contributed by atoms with Gasteiger partial charge in [-0.2, -0.15) is 0 Å². The largest absolute Gasteiger partial charge is 0.378 e. The van der Waals surface area contributed by atoms with E-state index in [0.29, 0.717) is 26.3 Å². The van der Waals surface area contributed by atoms with Crippen molar-refractivity contribution in [3.05, 3.63) is 33.2 Å². The Balaban J connectivity index is 2.32. The Labute approximate surface area is 106 Å². The number of amides is 1. The molecule has 18 heavy (non-hydrogen) atoms. The van der Waals surface area contributed by atoms with Crippen molar-refractivity contribution >= 4 is 5.91 Å². The molecule has 0 aromatic carbocycles. The van der Waals surface area contributed by atoms with Crippen LogP contribution in [0.15, 0.2) is 10.9 Å². The first-order valence-corrected chi connectivity index (χ1v) is 6.23. The summed E-state index contributed by atoms with van der Waals surface area (Å²) < 4.78 is 5.20. The first-order valence-electron chi connectivity index (χ1n) is 6.23. The molecule has 0 radical (unpaired) electrons. The predicted octanol–water partition coefficient (Wildman–Crippen LogP) is 0.718. The monoisotopic (exact) mass is 250 g/mol. The number of hydrogen-bond donors (Lipinski definition) is 1. The van der Waals surface area contributed by atoms with Gasteiger partial charge in [-0.25, -0.2) is 0 Å². The molecule has 1 amide bonds. The van der Waals surface area contributed by atoms with Gasteiger partial charge in [0.05, 0.1) is 13.2 Å². The Morgan fingerprint density at radius 1 is 1.44 bits per heavy atom. The molecule has 2 rings (SSSR count). The van der Waals surface area contributed by atoms with Crippen molar-refractivity contribution in [2.24, 2.45) is 0 Å². The van der Waals surface area contributed by atoms with Crippen LogP contribution >= 0.6 is 0 Å². The smallest absolute Gasteiger partial charge is 0.261 e. The number of carbonyl (C=O) groups excluding carboxylic acids is 1. The molecule has 1 fully saturated rings. The van der Waals surface area contributed by atoms with Gasteiger partial charge in [0.25, 0.3) is 11.5 Å². The lowest BCUT2D eigenvalue weighted by Crippen LogP contribution is -2.42. The normalized spacial score (nSPS) is 15.8. The van der Waals surface area contributed by atoms with Crippen molar-refractivity contribution in [1.82, 2.24) is 9.88 Å². The van der Waals surface area contributed by atoms with E-state index < -0.39 is 0 Å². The molecule has 0 saturated carbocycles. The van der Waals surface area contributed by atoms with Gasteiger partial charge in [0.1, 0.15) is 5.56 Å². The second-order valence-corrected chi connectivity index (χ2v) is 4.42. The number of carbonyl (C=O) groups is 1. The van der Waals surface area contributed by atoms with Crippen LogP contribution in [0.2, 0.25) is 0 Å². The number of aryl methyl sites for hydroxylation is 2. The standard InChI is InChI=1S/C13H18N2O3/c1-3-10-8-11(12(16)14-9(10)2)13(17)15-4-6-18-7-5-15/h8H,3-7H2,1-2H3,(H,14,16). The molecule has 98 valence electrons. The van der Waals surface area contributed by atoms with Crippen molar-refractivity contribution in [3.8, 4) is 0 Å². The average Bonchev–Trinajstić information content (AvgIpc) is 2.39. The summed E-state index contributed by atoms with van der Waals surface area (Å²) in [7, 11) is 0. The van der Waals surface area contributed by atoms with Crippen LogP contribution in [-0.2, 0) is 11.2 Å². The van der Waals surface area contributed by atoms with Gasteiger partial charge < -0.3 is 14.6 Å². The van der Waals surface area contributed by atoms with E-state index in [4.69, 9.17) is 4.74 Å². The first kappa shape index (κ1) is 12.8. The van der Waals surface area contributed by atoms with Crippen LogP contribution in [0.3, 0.4) is 0 Å². The molecule has 1 N–H and O–H groups in total. The average molecular weight is 250 g/mol. The second kappa shape index (κ2) is 5.35. The summed E-state index contributed by atoms with van der Waals surface area (Å²) in [5.74, 6) is -0.200. The summed E-state index contributed by atoms with van der Waals surface area (Å²) >= 11 is 0. The van der Waals surface area contributed by atoms with Crippen molar-refractivity contribution < 1.29 is 9.53 Å². The fraction of sp³-hybridized carbons (Fsp3) is 0.538. The van der Waals surface area contributed by atoms with Crippen molar-refractivity contribution in [2.75, 3.05) is 26.3 Å². The molecule has 0 atom stereocenters. The van der Waals surface area contributed by atoms with Crippen LogP contribution in [0, 0.1) is 6.92 Å². The molecule has 1 saturated heterocycles. The first-order chi connectivity index (χ1) is 8.63. The molecular weight excluding hydrogens is 232 g/mol. The van der Waals surface area contributed by atoms with Crippen LogP contribution < -0.4 is 5.56 Å². The Kier molecular flexibility index (Phi) is 3.81. The third-order valence-electron chi connectivity index (χ3n) is 3.26. The lowest BCUT2D eigenvalue weighted by atomic mass is 10.1. The maximum Gasteiger partial charge on any atom is 0.261 e. The summed E-state index contributed by atoms with van der Waals surface area (Å²) in [4.78, 5) is 28.5. The number of hydrogen-bond acceptors (Lipinski definition) is 3. The van der Waals surface area contributed by atoms with Crippen molar-refractivity contribution in [3.63, 3.8) is 0 Å². The molecule has 0 aliphatic carbocycles. The fourth-order valence-electron chi connectivity index (χ4n) is 2.13. The Bertz CT molecular complexity index is 501. The Hall–Kier alpha value is -1.62. The van der Waals surface area contributed by atoms with Gasteiger partial charge in [-0.15, -0.1) is 0 Å². The van der Waals surface area contributed by atoms with Gasteiger partial charge in [-0.1, -0.05) is 6.92 Å². The number of H-pyrrole nitrogens is 1. The zero-order valence-corrected chi connectivity index (χ0v) is 10.8. The number of aromatic nitrogens is 1. The summed E-state index contributed by atoms with van der Waals surface area (Å²) in [6.07, 6.45) is 0.798. The summed E-state index contributed by atoms with van der Waals surface area (Å²) in [5.41, 5.74) is 1.77. The van der Waals surface area contributed by atoms with Crippen LogP contribution in [0.25, 0.3) is 0 Å². The summed E-state index contributed by atoms with van der Waals surface area (Å²) in [6, 6.07) is 1.71. The number of pyridine rings is 1. The maximum absolute atomic E-state index is 12.3. The minimum atomic E-state index is -0.304. The summed E-state index contributed by atoms with van der Waals surface area (Å²) in [6.45, 7) is 6.03. The second-order valence-electron chi connectivity index (χ2n) is 4.42. The number of aromatic amines is 1. The number of nitrogens with one attached hydrogen (secondary N) is 1. The van der Waals surface area contributed by atoms with Crippen LogP contribution in [0.1, 0.15) is 28.5 Å². The van der Waals surface area contributed by atoms with Crippen molar-refractivity contribution in [2.45, 2.75) is 20.3 Å². The van der Waals surface area contributed by atoms with E-state index in [1.807, 2.05) is 13.8 Å². The van der Waals surface area contributed by atoms with Gasteiger partial charge in [0.2, 0.25) is 0 Å². The van der Waals surface area contributed by atoms with Crippen LogP contribution in [0.4, 0.5) is 0 Å². The Morgan fingerprint density at radius 2 is 2.11 bits per heavy atom. The van der Waals surface area contributed by atoms with Crippen molar-refractivity contribution in [1.29, 1.82) is 0 Å². The lowest BCUT2D eigenvalue weighted by molar-refractivity contribution is 0.0301. The molecule has 1 aliphatic rings. The van der Waals surface area contributed by atoms with Crippen LogP contribution in [0.5, 0.6) is 0 Å². The highest BCUT2D eigenvalue weighted by molar-refractivity contribution is 5.94.